The van der Waals surface area contributed by atoms with Gasteiger partial charge in [-0.3, -0.25) is 4.79 Å². The third kappa shape index (κ3) is 2.84. The topological polar surface area (TPSA) is 89.7 Å². The van der Waals surface area contributed by atoms with Crippen molar-refractivity contribution in [1.82, 2.24) is 4.31 Å². The summed E-state index contributed by atoms with van der Waals surface area (Å²) in [5.74, 6) is -0.786. The first-order valence-corrected chi connectivity index (χ1v) is 8.70. The van der Waals surface area contributed by atoms with Gasteiger partial charge in [-0.25, -0.2) is 8.42 Å². The highest BCUT2D eigenvalue weighted by Gasteiger charge is 2.45. The second kappa shape index (κ2) is 5.99. The molecule has 1 saturated heterocycles. The number of methoxy groups -OCH3 is 1. The van der Waals surface area contributed by atoms with Gasteiger partial charge in [-0.1, -0.05) is 19.8 Å². The van der Waals surface area contributed by atoms with E-state index in [1.54, 1.807) is 0 Å². The molecule has 0 bridgehead atoms. The Morgan fingerprint density at radius 3 is 2.45 bits per heavy atom. The van der Waals surface area contributed by atoms with Crippen LogP contribution in [0.15, 0.2) is 0 Å². The zero-order valence-electron chi connectivity index (χ0n) is 12.1. The number of carbonyl (C=O) groups is 1. The summed E-state index contributed by atoms with van der Waals surface area (Å²) in [6, 6.07) is -0.120. The molecule has 1 aliphatic heterocycles. The lowest BCUT2D eigenvalue weighted by Crippen LogP contribution is -2.46. The molecule has 4 atom stereocenters. The first-order valence-electron chi connectivity index (χ1n) is 7.20. The minimum atomic E-state index is -3.48. The molecule has 20 heavy (non-hydrogen) atoms. The van der Waals surface area contributed by atoms with Crippen molar-refractivity contribution >= 4 is 16.0 Å². The lowest BCUT2D eigenvalue weighted by Gasteiger charge is -2.32. The van der Waals surface area contributed by atoms with Gasteiger partial charge in [0.1, 0.15) is 0 Å². The van der Waals surface area contributed by atoms with Crippen molar-refractivity contribution in [3.8, 4) is 0 Å². The normalized spacial score (nSPS) is 36.0. The number of nitrogens with two attached hydrogens (primary N) is 1. The molecular formula is C13H24N2O4S. The van der Waals surface area contributed by atoms with Crippen LogP contribution in [0.1, 0.15) is 32.6 Å². The van der Waals surface area contributed by atoms with Crippen LogP contribution in [0.25, 0.3) is 0 Å². The van der Waals surface area contributed by atoms with Crippen molar-refractivity contribution in [2.45, 2.75) is 43.9 Å². The number of esters is 1. The maximum Gasteiger partial charge on any atom is 0.310 e. The van der Waals surface area contributed by atoms with E-state index in [0.717, 1.165) is 12.8 Å². The van der Waals surface area contributed by atoms with E-state index < -0.39 is 27.2 Å². The zero-order chi connectivity index (χ0) is 14.9. The summed E-state index contributed by atoms with van der Waals surface area (Å²) in [5, 5.41) is -0.652. The summed E-state index contributed by atoms with van der Waals surface area (Å²) in [6.07, 6.45) is 2.84. The Hall–Kier alpha value is -0.660. The van der Waals surface area contributed by atoms with E-state index in [2.05, 4.69) is 0 Å². The average molecular weight is 304 g/mol. The van der Waals surface area contributed by atoms with Crippen molar-refractivity contribution < 1.29 is 17.9 Å². The summed E-state index contributed by atoms with van der Waals surface area (Å²) >= 11 is 0. The van der Waals surface area contributed by atoms with Gasteiger partial charge >= 0.3 is 5.97 Å². The van der Waals surface area contributed by atoms with Crippen molar-refractivity contribution in [3.63, 3.8) is 0 Å². The van der Waals surface area contributed by atoms with Crippen LogP contribution in [0.3, 0.4) is 0 Å². The first kappa shape index (κ1) is 15.7. The van der Waals surface area contributed by atoms with Gasteiger partial charge < -0.3 is 10.5 Å². The molecule has 0 aromatic carbocycles. The van der Waals surface area contributed by atoms with Crippen LogP contribution in [0.2, 0.25) is 0 Å². The van der Waals surface area contributed by atoms with Gasteiger partial charge in [0.25, 0.3) is 0 Å². The molecule has 2 aliphatic rings. The molecule has 2 fully saturated rings. The van der Waals surface area contributed by atoms with Crippen molar-refractivity contribution in [3.05, 3.63) is 0 Å². The summed E-state index contributed by atoms with van der Waals surface area (Å²) < 4.78 is 31.8. The molecule has 1 heterocycles. The van der Waals surface area contributed by atoms with E-state index in [1.807, 2.05) is 6.92 Å². The van der Waals surface area contributed by atoms with Crippen LogP contribution in [-0.4, -0.2) is 50.2 Å². The van der Waals surface area contributed by atoms with E-state index in [9.17, 15) is 13.2 Å². The minimum absolute atomic E-state index is 0.120. The van der Waals surface area contributed by atoms with E-state index in [0.29, 0.717) is 25.9 Å². The number of ether oxygens (including phenoxy) is 1. The number of nitrogens with zero attached hydrogens (tertiary/aromatic N) is 1. The third-order valence-corrected chi connectivity index (χ3v) is 6.93. The van der Waals surface area contributed by atoms with Gasteiger partial charge in [0, 0.05) is 19.1 Å². The predicted molar refractivity (Wildman–Crippen MR) is 75.4 cm³/mol. The molecule has 1 aliphatic carbocycles. The standard InChI is InChI=1S/C13H24N2O4S/c1-9-7-15(8-11(9)14)20(17,18)12-6-4-3-5-10(12)13(16)19-2/h9-12H,3-8,14H2,1-2H3. The predicted octanol–water partition coefficient (Wildman–Crippen LogP) is 0.327. The Balaban J connectivity index is 2.20. The Bertz CT molecular complexity index is 455. The van der Waals surface area contributed by atoms with Gasteiger partial charge in [-0.15, -0.1) is 0 Å². The molecule has 1 saturated carbocycles. The Morgan fingerprint density at radius 1 is 1.25 bits per heavy atom. The van der Waals surface area contributed by atoms with E-state index in [1.165, 1.54) is 11.4 Å². The van der Waals surface area contributed by atoms with Crippen molar-refractivity contribution in [2.24, 2.45) is 17.6 Å². The molecule has 6 nitrogen and oxygen atoms in total. The molecule has 0 spiro atoms. The fourth-order valence-corrected chi connectivity index (χ4v) is 5.55. The Morgan fingerprint density at radius 2 is 1.90 bits per heavy atom. The monoisotopic (exact) mass is 304 g/mol. The molecule has 7 heteroatoms. The van der Waals surface area contributed by atoms with Crippen LogP contribution in [0.4, 0.5) is 0 Å². The van der Waals surface area contributed by atoms with Crippen LogP contribution in [0, 0.1) is 11.8 Å². The fraction of sp³-hybridized carbons (Fsp3) is 0.923. The summed E-state index contributed by atoms with van der Waals surface area (Å²) in [5.41, 5.74) is 5.92. The summed E-state index contributed by atoms with van der Waals surface area (Å²) in [7, 11) is -2.17. The van der Waals surface area contributed by atoms with Crippen molar-refractivity contribution in [1.29, 1.82) is 0 Å². The molecular weight excluding hydrogens is 280 g/mol. The lowest BCUT2D eigenvalue weighted by atomic mass is 9.89. The van der Waals surface area contributed by atoms with Gasteiger partial charge in [-0.05, 0) is 18.8 Å². The summed E-state index contributed by atoms with van der Waals surface area (Å²) in [4.78, 5) is 11.8. The molecule has 0 amide bonds. The SMILES string of the molecule is COC(=O)C1CCCCC1S(=O)(=O)N1CC(C)C(N)C1. The summed E-state index contributed by atoms with van der Waals surface area (Å²) in [6.45, 7) is 2.76. The molecule has 0 radical (unpaired) electrons. The number of rotatable bonds is 3. The van der Waals surface area contributed by atoms with E-state index >= 15 is 0 Å². The van der Waals surface area contributed by atoms with E-state index in [4.69, 9.17) is 10.5 Å². The largest absolute Gasteiger partial charge is 0.469 e. The Labute approximate surface area is 120 Å². The molecule has 0 aromatic rings. The van der Waals surface area contributed by atoms with Gasteiger partial charge in [0.2, 0.25) is 10.0 Å². The highest BCUT2D eigenvalue weighted by Crippen LogP contribution is 2.34. The third-order valence-electron chi connectivity index (χ3n) is 4.59. The highest BCUT2D eigenvalue weighted by molar-refractivity contribution is 7.89. The highest BCUT2D eigenvalue weighted by atomic mass is 32.2. The van der Waals surface area contributed by atoms with Gasteiger partial charge in [-0.2, -0.15) is 4.31 Å². The molecule has 116 valence electrons. The van der Waals surface area contributed by atoms with Crippen LogP contribution in [-0.2, 0) is 19.6 Å². The molecule has 4 unspecified atom stereocenters. The molecule has 2 N–H and O–H groups in total. The number of sulfonamides is 1. The van der Waals surface area contributed by atoms with Crippen LogP contribution < -0.4 is 5.73 Å². The van der Waals surface area contributed by atoms with Crippen LogP contribution in [0.5, 0.6) is 0 Å². The molecule has 2 rings (SSSR count). The number of hydrogen-bond acceptors (Lipinski definition) is 5. The number of hydrogen-bond donors (Lipinski definition) is 1. The zero-order valence-corrected chi connectivity index (χ0v) is 12.9. The molecule has 0 aromatic heterocycles. The second-order valence-corrected chi connectivity index (χ2v) is 8.11. The minimum Gasteiger partial charge on any atom is -0.469 e. The maximum atomic E-state index is 12.8. The Kier molecular flexibility index (Phi) is 4.71. The average Bonchev–Trinajstić information content (AvgIpc) is 2.78. The second-order valence-electron chi connectivity index (χ2n) is 5.96. The first-order chi connectivity index (χ1) is 9.37. The smallest absolute Gasteiger partial charge is 0.310 e. The van der Waals surface area contributed by atoms with Crippen molar-refractivity contribution in [2.75, 3.05) is 20.2 Å². The maximum absolute atomic E-state index is 12.8. The van der Waals surface area contributed by atoms with Crippen LogP contribution >= 0.6 is 0 Å². The number of carbonyl (C=O) groups excluding carboxylic acids is 1. The fourth-order valence-electron chi connectivity index (χ4n) is 3.22. The quantitative estimate of drug-likeness (QED) is 0.759. The van der Waals surface area contributed by atoms with Gasteiger partial charge in [0.05, 0.1) is 18.3 Å². The van der Waals surface area contributed by atoms with E-state index in [-0.39, 0.29) is 12.0 Å². The van der Waals surface area contributed by atoms with Gasteiger partial charge in [0.15, 0.2) is 0 Å². The lowest BCUT2D eigenvalue weighted by molar-refractivity contribution is -0.146.